The Morgan fingerprint density at radius 3 is 2.12 bits per heavy atom. The maximum absolute atomic E-state index is 12.6. The van der Waals surface area contributed by atoms with Gasteiger partial charge in [-0.1, -0.05) is 49.4 Å². The molecule has 1 fully saturated rings. The predicted octanol–water partition coefficient (Wildman–Crippen LogP) is 3.99. The summed E-state index contributed by atoms with van der Waals surface area (Å²) in [7, 11) is -4.51. The number of rotatable bonds is 13. The molecule has 0 spiro atoms. The molecular weight excluding hydrogens is 369 g/mol. The van der Waals surface area contributed by atoms with Gasteiger partial charge in [-0.05, 0) is 38.1 Å². The van der Waals surface area contributed by atoms with Crippen molar-refractivity contribution in [3.8, 4) is 0 Å². The molecule has 0 aromatic rings. The molecular formula is C17H33F3N2O3S. The van der Waals surface area contributed by atoms with E-state index < -0.39 is 22.0 Å². The zero-order chi connectivity index (χ0) is 19.5. The highest BCUT2D eigenvalue weighted by atomic mass is 32.2. The standard InChI is InChI=1S/C17H33F3N2O3S/c18-17(19,20)15-26(23,24)22(13-9-4-2-1-3-8-12-21)25-14-16-10-6-5-7-11-16/h16H,1-15,21H2. The molecule has 156 valence electrons. The van der Waals surface area contributed by atoms with Crippen LogP contribution in [0.5, 0.6) is 0 Å². The highest BCUT2D eigenvalue weighted by Crippen LogP contribution is 2.25. The van der Waals surface area contributed by atoms with Gasteiger partial charge in [0.25, 0.3) is 0 Å². The number of nitrogens with zero attached hydrogens (tertiary/aromatic N) is 1. The lowest BCUT2D eigenvalue weighted by Crippen LogP contribution is -2.39. The number of alkyl halides is 3. The van der Waals surface area contributed by atoms with Crippen molar-refractivity contribution in [2.45, 2.75) is 76.8 Å². The van der Waals surface area contributed by atoms with Crippen molar-refractivity contribution < 1.29 is 26.4 Å². The first-order valence-corrected chi connectivity index (χ1v) is 11.3. The third kappa shape index (κ3) is 10.7. The van der Waals surface area contributed by atoms with Crippen molar-refractivity contribution in [3.05, 3.63) is 0 Å². The predicted molar refractivity (Wildman–Crippen MR) is 95.8 cm³/mol. The maximum Gasteiger partial charge on any atom is 0.404 e. The maximum atomic E-state index is 12.6. The SMILES string of the molecule is NCCCCCCCCN(OCC1CCCCC1)S(=O)(=O)CC(F)(F)F. The largest absolute Gasteiger partial charge is 0.404 e. The summed E-state index contributed by atoms with van der Waals surface area (Å²) in [6.45, 7) is 0.800. The molecule has 9 heteroatoms. The van der Waals surface area contributed by atoms with Gasteiger partial charge in [-0.2, -0.15) is 13.2 Å². The van der Waals surface area contributed by atoms with Crippen LogP contribution >= 0.6 is 0 Å². The molecule has 0 heterocycles. The summed E-state index contributed by atoms with van der Waals surface area (Å²) in [5, 5.41) is 0. The molecule has 26 heavy (non-hydrogen) atoms. The van der Waals surface area contributed by atoms with E-state index in [9.17, 15) is 21.6 Å². The highest BCUT2D eigenvalue weighted by Gasteiger charge is 2.39. The second-order valence-corrected chi connectivity index (χ2v) is 8.97. The van der Waals surface area contributed by atoms with Crippen LogP contribution in [0.3, 0.4) is 0 Å². The van der Waals surface area contributed by atoms with Crippen molar-refractivity contribution in [2.24, 2.45) is 11.7 Å². The molecule has 0 saturated heterocycles. The van der Waals surface area contributed by atoms with Gasteiger partial charge in [-0.3, -0.25) is 4.84 Å². The van der Waals surface area contributed by atoms with E-state index in [0.29, 0.717) is 17.4 Å². The number of sulfonamides is 1. The minimum atomic E-state index is -4.77. The van der Waals surface area contributed by atoms with Crippen LogP contribution in [-0.4, -0.2) is 44.5 Å². The molecule has 0 radical (unpaired) electrons. The smallest absolute Gasteiger partial charge is 0.330 e. The van der Waals surface area contributed by atoms with Crippen molar-refractivity contribution in [2.75, 3.05) is 25.4 Å². The molecule has 5 nitrogen and oxygen atoms in total. The van der Waals surface area contributed by atoms with E-state index in [-0.39, 0.29) is 19.1 Å². The topological polar surface area (TPSA) is 72.6 Å². The van der Waals surface area contributed by atoms with Gasteiger partial charge in [0.15, 0.2) is 5.75 Å². The first-order chi connectivity index (χ1) is 12.2. The van der Waals surface area contributed by atoms with Crippen LogP contribution in [0, 0.1) is 5.92 Å². The average Bonchev–Trinajstić information content (AvgIpc) is 2.55. The fourth-order valence-electron chi connectivity index (χ4n) is 3.20. The fraction of sp³-hybridized carbons (Fsp3) is 1.00. The molecule has 0 aromatic carbocycles. The molecule has 2 N–H and O–H groups in total. The number of hydrogen-bond acceptors (Lipinski definition) is 4. The lowest BCUT2D eigenvalue weighted by Gasteiger charge is -2.26. The normalized spacial score (nSPS) is 17.1. The van der Waals surface area contributed by atoms with Crippen LogP contribution in [0.15, 0.2) is 0 Å². The summed E-state index contributed by atoms with van der Waals surface area (Å²) in [5.74, 6) is -1.65. The Kier molecular flexibility index (Phi) is 11.1. The molecule has 1 aliphatic rings. The monoisotopic (exact) mass is 402 g/mol. The third-order valence-corrected chi connectivity index (χ3v) is 6.23. The second-order valence-electron chi connectivity index (χ2n) is 7.11. The number of nitrogens with two attached hydrogens (primary N) is 1. The minimum absolute atomic E-state index is 0.0258. The zero-order valence-corrected chi connectivity index (χ0v) is 16.3. The van der Waals surface area contributed by atoms with Crippen LogP contribution in [0.1, 0.15) is 70.6 Å². The number of unbranched alkanes of at least 4 members (excludes halogenated alkanes) is 5. The van der Waals surface area contributed by atoms with Gasteiger partial charge in [-0.25, -0.2) is 8.42 Å². The fourth-order valence-corrected chi connectivity index (χ4v) is 4.38. The lowest BCUT2D eigenvalue weighted by atomic mass is 9.90. The zero-order valence-electron chi connectivity index (χ0n) is 15.5. The van der Waals surface area contributed by atoms with Gasteiger partial charge in [0.2, 0.25) is 10.0 Å². The molecule has 0 aromatic heterocycles. The summed E-state index contributed by atoms with van der Waals surface area (Å²) in [6, 6.07) is 0. The molecule has 0 amide bonds. The van der Waals surface area contributed by atoms with Crippen molar-refractivity contribution in [1.29, 1.82) is 0 Å². The number of halogens is 3. The van der Waals surface area contributed by atoms with Gasteiger partial charge in [-0.15, -0.1) is 0 Å². The van der Waals surface area contributed by atoms with E-state index in [1.807, 2.05) is 0 Å². The first kappa shape index (κ1) is 23.7. The van der Waals surface area contributed by atoms with Gasteiger partial charge < -0.3 is 5.73 Å². The Labute approximate surface area is 155 Å². The van der Waals surface area contributed by atoms with Crippen LogP contribution in [0.25, 0.3) is 0 Å². The van der Waals surface area contributed by atoms with Crippen LogP contribution in [-0.2, 0) is 14.9 Å². The second kappa shape index (κ2) is 12.2. The van der Waals surface area contributed by atoms with Crippen molar-refractivity contribution >= 4 is 10.0 Å². The summed E-state index contributed by atoms with van der Waals surface area (Å²) in [6.07, 6.45) is 5.51. The first-order valence-electron chi connectivity index (χ1n) is 9.65. The van der Waals surface area contributed by atoms with Crippen LogP contribution in [0.2, 0.25) is 0 Å². The lowest BCUT2D eigenvalue weighted by molar-refractivity contribution is -0.121. The highest BCUT2D eigenvalue weighted by molar-refractivity contribution is 7.89. The minimum Gasteiger partial charge on any atom is -0.330 e. The van der Waals surface area contributed by atoms with Gasteiger partial charge in [0.1, 0.15) is 0 Å². The van der Waals surface area contributed by atoms with Gasteiger partial charge in [0, 0.05) is 6.54 Å². The van der Waals surface area contributed by atoms with E-state index in [1.165, 1.54) is 0 Å². The Morgan fingerprint density at radius 2 is 1.54 bits per heavy atom. The van der Waals surface area contributed by atoms with E-state index >= 15 is 0 Å². The van der Waals surface area contributed by atoms with E-state index in [0.717, 1.165) is 64.2 Å². The van der Waals surface area contributed by atoms with Gasteiger partial charge >= 0.3 is 6.18 Å². The molecule has 1 rings (SSSR count). The average molecular weight is 403 g/mol. The Bertz CT molecular complexity index is 466. The summed E-state index contributed by atoms with van der Waals surface area (Å²) in [5.41, 5.74) is 5.42. The Balaban J connectivity index is 2.48. The summed E-state index contributed by atoms with van der Waals surface area (Å²) in [4.78, 5) is 5.37. The Morgan fingerprint density at radius 1 is 0.962 bits per heavy atom. The number of hydroxylamine groups is 1. The molecule has 0 unspecified atom stereocenters. The van der Waals surface area contributed by atoms with E-state index in [4.69, 9.17) is 10.6 Å². The third-order valence-electron chi connectivity index (χ3n) is 4.63. The van der Waals surface area contributed by atoms with E-state index in [1.54, 1.807) is 0 Å². The summed E-state index contributed by atoms with van der Waals surface area (Å²) < 4.78 is 62.6. The molecule has 0 aliphatic heterocycles. The van der Waals surface area contributed by atoms with Crippen LogP contribution in [0.4, 0.5) is 13.2 Å². The molecule has 1 aliphatic carbocycles. The van der Waals surface area contributed by atoms with E-state index in [2.05, 4.69) is 0 Å². The molecule has 0 bridgehead atoms. The van der Waals surface area contributed by atoms with Crippen LogP contribution < -0.4 is 5.73 Å². The number of hydrogen-bond donors (Lipinski definition) is 1. The summed E-state index contributed by atoms with van der Waals surface area (Å²) >= 11 is 0. The van der Waals surface area contributed by atoms with Crippen molar-refractivity contribution in [1.82, 2.24) is 4.47 Å². The Hall–Kier alpha value is -0.380. The molecule has 1 saturated carbocycles. The molecule has 0 atom stereocenters. The van der Waals surface area contributed by atoms with Gasteiger partial charge in [0.05, 0.1) is 6.61 Å². The quantitative estimate of drug-likeness (QED) is 0.373. The van der Waals surface area contributed by atoms with Crippen molar-refractivity contribution in [3.63, 3.8) is 0 Å².